The Hall–Kier alpha value is -3.15. The van der Waals surface area contributed by atoms with Crippen molar-refractivity contribution in [2.45, 2.75) is 20.3 Å². The van der Waals surface area contributed by atoms with Gasteiger partial charge in [-0.05, 0) is 36.6 Å². The highest BCUT2D eigenvalue weighted by Gasteiger charge is 2.22. The van der Waals surface area contributed by atoms with Crippen molar-refractivity contribution >= 4 is 22.6 Å². The van der Waals surface area contributed by atoms with Crippen molar-refractivity contribution < 1.29 is 14.7 Å². The summed E-state index contributed by atoms with van der Waals surface area (Å²) in [6.07, 6.45) is 0.353. The van der Waals surface area contributed by atoms with Crippen LogP contribution in [-0.4, -0.2) is 33.3 Å². The van der Waals surface area contributed by atoms with Crippen LogP contribution >= 0.6 is 0 Å². The molecule has 0 bridgehead atoms. The zero-order valence-electron chi connectivity index (χ0n) is 15.7. The maximum atomic E-state index is 12.5. The highest BCUT2D eigenvalue weighted by Crippen LogP contribution is 2.18. The summed E-state index contributed by atoms with van der Waals surface area (Å²) in [5.41, 5.74) is 2.83. The maximum Gasteiger partial charge on any atom is 0.308 e. The number of hydrogen-bond acceptors (Lipinski definition) is 3. The summed E-state index contributed by atoms with van der Waals surface area (Å²) < 4.78 is 1.65. The normalized spacial score (nSPS) is 12.1. The third-order valence-electron chi connectivity index (χ3n) is 4.89. The number of carbonyl (C=O) groups is 2. The van der Waals surface area contributed by atoms with Gasteiger partial charge in [0.2, 0.25) is 0 Å². The quantitative estimate of drug-likeness (QED) is 0.703. The monoisotopic (exact) mass is 365 g/mol. The summed E-state index contributed by atoms with van der Waals surface area (Å²) >= 11 is 0. The number of amides is 1. The lowest BCUT2D eigenvalue weighted by Gasteiger charge is -2.14. The van der Waals surface area contributed by atoms with E-state index in [-0.39, 0.29) is 12.5 Å². The van der Waals surface area contributed by atoms with Gasteiger partial charge < -0.3 is 10.4 Å². The van der Waals surface area contributed by atoms with Crippen LogP contribution in [0.4, 0.5) is 0 Å². The van der Waals surface area contributed by atoms with E-state index in [1.807, 2.05) is 49.4 Å². The summed E-state index contributed by atoms with van der Waals surface area (Å²) in [5.74, 6) is -1.92. The minimum atomic E-state index is -0.928. The summed E-state index contributed by atoms with van der Waals surface area (Å²) in [6, 6.07) is 13.9. The van der Waals surface area contributed by atoms with Crippen LogP contribution in [-0.2, 0) is 18.3 Å². The average Bonchev–Trinajstić information content (AvgIpc) is 2.90. The van der Waals surface area contributed by atoms with Crippen LogP contribution in [0.1, 0.15) is 27.3 Å². The lowest BCUT2D eigenvalue weighted by atomic mass is 9.97. The van der Waals surface area contributed by atoms with E-state index >= 15 is 0 Å². The van der Waals surface area contributed by atoms with Gasteiger partial charge in [0.25, 0.3) is 5.91 Å². The van der Waals surface area contributed by atoms with Gasteiger partial charge in [-0.1, -0.05) is 42.5 Å². The number of carboxylic acids is 1. The molecule has 1 aromatic heterocycles. The molecule has 0 fully saturated rings. The molecule has 0 radical (unpaired) electrons. The molecule has 0 aliphatic carbocycles. The van der Waals surface area contributed by atoms with E-state index < -0.39 is 11.9 Å². The molecular weight excluding hydrogens is 342 g/mol. The van der Waals surface area contributed by atoms with E-state index in [0.29, 0.717) is 17.7 Å². The Bertz CT molecular complexity index is 1010. The SMILES string of the molecule is Cc1nn(C)c(C)c1C(=O)NCC(Cc1ccc2ccccc2c1)C(=O)O. The van der Waals surface area contributed by atoms with Crippen molar-refractivity contribution in [2.75, 3.05) is 6.54 Å². The summed E-state index contributed by atoms with van der Waals surface area (Å²) in [4.78, 5) is 24.2. The number of aryl methyl sites for hydroxylation is 2. The van der Waals surface area contributed by atoms with Crippen LogP contribution in [0, 0.1) is 19.8 Å². The van der Waals surface area contributed by atoms with Crippen molar-refractivity contribution in [3.63, 3.8) is 0 Å². The first-order valence-corrected chi connectivity index (χ1v) is 8.85. The molecule has 0 aliphatic rings. The van der Waals surface area contributed by atoms with E-state index in [2.05, 4.69) is 10.4 Å². The van der Waals surface area contributed by atoms with Crippen LogP contribution in [0.5, 0.6) is 0 Å². The number of fused-ring (bicyclic) bond motifs is 1. The standard InChI is InChI=1S/C21H23N3O3/c1-13-19(14(2)24(3)23-13)20(25)22-12-18(21(26)27)11-15-8-9-16-6-4-5-7-17(16)10-15/h4-10,18H,11-12H2,1-3H3,(H,22,25)(H,26,27). The maximum absolute atomic E-state index is 12.5. The van der Waals surface area contributed by atoms with Gasteiger partial charge in [-0.3, -0.25) is 14.3 Å². The minimum absolute atomic E-state index is 0.0643. The Kier molecular flexibility index (Phi) is 5.26. The third-order valence-corrected chi connectivity index (χ3v) is 4.89. The van der Waals surface area contributed by atoms with Gasteiger partial charge in [-0.15, -0.1) is 0 Å². The first-order chi connectivity index (χ1) is 12.9. The van der Waals surface area contributed by atoms with Crippen LogP contribution in [0.25, 0.3) is 10.8 Å². The Morgan fingerprint density at radius 3 is 2.48 bits per heavy atom. The Morgan fingerprint density at radius 1 is 1.15 bits per heavy atom. The molecule has 1 atom stereocenters. The number of rotatable bonds is 6. The van der Waals surface area contributed by atoms with E-state index in [0.717, 1.165) is 22.0 Å². The largest absolute Gasteiger partial charge is 0.481 e. The topological polar surface area (TPSA) is 84.2 Å². The van der Waals surface area contributed by atoms with E-state index in [1.165, 1.54) is 0 Å². The van der Waals surface area contributed by atoms with Gasteiger partial charge in [-0.25, -0.2) is 0 Å². The molecule has 3 rings (SSSR count). The molecule has 1 unspecified atom stereocenters. The predicted molar refractivity (Wildman–Crippen MR) is 104 cm³/mol. The molecule has 1 amide bonds. The third kappa shape index (κ3) is 4.00. The van der Waals surface area contributed by atoms with Crippen molar-refractivity contribution in [2.24, 2.45) is 13.0 Å². The molecule has 6 heteroatoms. The number of hydrogen-bond donors (Lipinski definition) is 2. The highest BCUT2D eigenvalue weighted by molar-refractivity contribution is 5.96. The Morgan fingerprint density at radius 2 is 1.85 bits per heavy atom. The van der Waals surface area contributed by atoms with E-state index in [1.54, 1.807) is 18.7 Å². The van der Waals surface area contributed by atoms with Gasteiger partial charge in [0.05, 0.1) is 17.2 Å². The summed E-state index contributed by atoms with van der Waals surface area (Å²) in [5, 5.41) is 18.8. The smallest absolute Gasteiger partial charge is 0.308 e. The second-order valence-electron chi connectivity index (χ2n) is 6.80. The van der Waals surface area contributed by atoms with Crippen LogP contribution in [0.3, 0.4) is 0 Å². The van der Waals surface area contributed by atoms with E-state index in [9.17, 15) is 14.7 Å². The fourth-order valence-electron chi connectivity index (χ4n) is 3.30. The number of carboxylic acid groups (broad SMARTS) is 1. The van der Waals surface area contributed by atoms with Crippen molar-refractivity contribution in [1.29, 1.82) is 0 Å². The van der Waals surface area contributed by atoms with Gasteiger partial charge in [-0.2, -0.15) is 5.10 Å². The predicted octanol–water partition coefficient (Wildman–Crippen LogP) is 2.86. The first-order valence-electron chi connectivity index (χ1n) is 8.85. The second-order valence-corrected chi connectivity index (χ2v) is 6.80. The Labute approximate surface area is 157 Å². The molecule has 3 aromatic rings. The molecule has 2 aromatic carbocycles. The summed E-state index contributed by atoms with van der Waals surface area (Å²) in [6.45, 7) is 3.65. The molecule has 0 saturated heterocycles. The Balaban J connectivity index is 1.72. The molecule has 0 saturated carbocycles. The fraction of sp³-hybridized carbons (Fsp3) is 0.286. The molecule has 0 aliphatic heterocycles. The van der Waals surface area contributed by atoms with Gasteiger partial charge in [0.15, 0.2) is 0 Å². The number of benzene rings is 2. The number of nitrogens with zero attached hydrogens (tertiary/aromatic N) is 2. The number of carbonyl (C=O) groups excluding carboxylic acids is 1. The van der Waals surface area contributed by atoms with Crippen LogP contribution in [0.2, 0.25) is 0 Å². The molecule has 1 heterocycles. The van der Waals surface area contributed by atoms with Crippen molar-refractivity contribution in [3.05, 3.63) is 65.0 Å². The molecule has 27 heavy (non-hydrogen) atoms. The second kappa shape index (κ2) is 7.61. The first kappa shape index (κ1) is 18.6. The molecule has 6 nitrogen and oxygen atoms in total. The van der Waals surface area contributed by atoms with Crippen molar-refractivity contribution in [1.82, 2.24) is 15.1 Å². The number of aromatic nitrogens is 2. The zero-order chi connectivity index (χ0) is 19.6. The fourth-order valence-corrected chi connectivity index (χ4v) is 3.30. The average molecular weight is 365 g/mol. The number of nitrogens with one attached hydrogen (secondary N) is 1. The lowest BCUT2D eigenvalue weighted by Crippen LogP contribution is -2.34. The van der Waals surface area contributed by atoms with Gasteiger partial charge >= 0.3 is 5.97 Å². The molecule has 140 valence electrons. The molecular formula is C21H23N3O3. The van der Waals surface area contributed by atoms with Crippen molar-refractivity contribution in [3.8, 4) is 0 Å². The minimum Gasteiger partial charge on any atom is -0.481 e. The van der Waals surface area contributed by atoms with E-state index in [4.69, 9.17) is 0 Å². The van der Waals surface area contributed by atoms with Gasteiger partial charge in [0, 0.05) is 19.3 Å². The molecule has 2 N–H and O–H groups in total. The van der Waals surface area contributed by atoms with Crippen LogP contribution in [0.15, 0.2) is 42.5 Å². The lowest BCUT2D eigenvalue weighted by molar-refractivity contribution is -0.141. The molecule has 0 spiro atoms. The summed E-state index contributed by atoms with van der Waals surface area (Å²) in [7, 11) is 1.78. The highest BCUT2D eigenvalue weighted by atomic mass is 16.4. The zero-order valence-corrected chi connectivity index (χ0v) is 15.7. The van der Waals surface area contributed by atoms with Gasteiger partial charge in [0.1, 0.15) is 0 Å². The number of aliphatic carboxylic acids is 1. The van der Waals surface area contributed by atoms with Crippen LogP contribution < -0.4 is 5.32 Å².